The summed E-state index contributed by atoms with van der Waals surface area (Å²) in [6, 6.07) is 4.19. The van der Waals surface area contributed by atoms with Crippen molar-refractivity contribution in [2.24, 2.45) is 0 Å². The third-order valence-electron chi connectivity index (χ3n) is 1.99. The van der Waals surface area contributed by atoms with Gasteiger partial charge in [-0.2, -0.15) is 4.37 Å². The van der Waals surface area contributed by atoms with Crippen molar-refractivity contribution in [1.29, 1.82) is 0 Å². The van der Waals surface area contributed by atoms with Crippen molar-refractivity contribution in [3.05, 3.63) is 23.8 Å². The van der Waals surface area contributed by atoms with Crippen LogP contribution in [0, 0.1) is 0 Å². The van der Waals surface area contributed by atoms with Crippen LogP contribution in [0.15, 0.2) is 18.2 Å². The van der Waals surface area contributed by atoms with E-state index in [1.807, 2.05) is 0 Å². The minimum Gasteiger partial charge on any atom is -0.545 e. The molecule has 0 aliphatic rings. The second-order valence-corrected chi connectivity index (χ2v) is 5.93. The van der Waals surface area contributed by atoms with Gasteiger partial charge in [0.15, 0.2) is 0 Å². The summed E-state index contributed by atoms with van der Waals surface area (Å²) in [4.78, 5) is 10.6. The molecule has 18 heavy (non-hydrogen) atoms. The van der Waals surface area contributed by atoms with Gasteiger partial charge < -0.3 is 9.90 Å². The Kier molecular flexibility index (Phi) is 4.73. The van der Waals surface area contributed by atoms with Crippen molar-refractivity contribution in [1.82, 2.24) is 4.37 Å². The molecule has 1 heterocycles. The van der Waals surface area contributed by atoms with Crippen LogP contribution in [0.4, 0.5) is 5.00 Å². The number of hydrogen-bond donors (Lipinski definition) is 1. The van der Waals surface area contributed by atoms with Crippen molar-refractivity contribution in [3.8, 4) is 0 Å². The Labute approximate surface area is 131 Å². The van der Waals surface area contributed by atoms with E-state index in [9.17, 15) is 18.3 Å². The molecular formula is C9H9N2NaO4S2. The maximum atomic E-state index is 11.1. The number of carbonyl (C=O) groups excluding carboxylic acids is 1. The summed E-state index contributed by atoms with van der Waals surface area (Å²) < 4.78 is 28.4. The van der Waals surface area contributed by atoms with Gasteiger partial charge in [0.2, 0.25) is 10.0 Å². The molecule has 0 saturated carbocycles. The molecule has 1 aromatic carbocycles. The van der Waals surface area contributed by atoms with Gasteiger partial charge in [-0.15, -0.1) is 0 Å². The van der Waals surface area contributed by atoms with Crippen LogP contribution in [-0.2, 0) is 10.0 Å². The number of hydrogen-bond acceptors (Lipinski definition) is 6. The molecule has 0 unspecified atom stereocenters. The number of sulfonamides is 1. The third kappa shape index (κ3) is 3.42. The van der Waals surface area contributed by atoms with Gasteiger partial charge in [-0.05, 0) is 29.2 Å². The van der Waals surface area contributed by atoms with Gasteiger partial charge in [0.25, 0.3) is 0 Å². The average molecular weight is 296 g/mol. The molecule has 6 nitrogen and oxygen atoms in total. The molecule has 0 saturated heterocycles. The van der Waals surface area contributed by atoms with Crippen molar-refractivity contribution in [3.63, 3.8) is 0 Å². The quantitative estimate of drug-likeness (QED) is 0.621. The molecule has 0 amide bonds. The zero-order valence-corrected chi connectivity index (χ0v) is 13.3. The molecule has 1 N–H and O–H groups in total. The number of rotatable bonds is 3. The Morgan fingerprint density at radius 2 is 2.17 bits per heavy atom. The van der Waals surface area contributed by atoms with Crippen molar-refractivity contribution in [2.75, 3.05) is 11.0 Å². The molecule has 0 atom stereocenters. The Bertz CT molecular complexity index is 701. The number of fused-ring (bicyclic) bond motifs is 1. The fraction of sp³-hybridized carbons (Fsp3) is 0.111. The van der Waals surface area contributed by atoms with Gasteiger partial charge in [-0.1, -0.05) is 6.07 Å². The summed E-state index contributed by atoms with van der Waals surface area (Å²) in [6.07, 6.45) is 1.04. The SMILES string of the molecule is CS(=O)(=O)Nc1snc2cc(C(=O)[O-])ccc12.[HH].[Na+]. The van der Waals surface area contributed by atoms with Gasteiger partial charge in [0.1, 0.15) is 5.00 Å². The van der Waals surface area contributed by atoms with Gasteiger partial charge in [-0.25, -0.2) is 8.42 Å². The van der Waals surface area contributed by atoms with Crippen molar-refractivity contribution in [2.45, 2.75) is 0 Å². The van der Waals surface area contributed by atoms with E-state index in [2.05, 4.69) is 9.10 Å². The molecule has 9 heteroatoms. The Morgan fingerprint density at radius 3 is 2.72 bits per heavy atom. The number of benzene rings is 1. The molecule has 0 radical (unpaired) electrons. The van der Waals surface area contributed by atoms with Gasteiger partial charge in [0.05, 0.1) is 17.7 Å². The van der Waals surface area contributed by atoms with Crippen molar-refractivity contribution >= 4 is 43.4 Å². The average Bonchev–Trinajstić information content (AvgIpc) is 2.58. The molecule has 92 valence electrons. The predicted molar refractivity (Wildman–Crippen MR) is 64.5 cm³/mol. The maximum Gasteiger partial charge on any atom is 1.00 e. The van der Waals surface area contributed by atoms with E-state index < -0.39 is 16.0 Å². The van der Waals surface area contributed by atoms with Gasteiger partial charge in [-0.3, -0.25) is 4.72 Å². The van der Waals surface area contributed by atoms with E-state index in [0.29, 0.717) is 15.9 Å². The number of carboxylic acids is 1. The fourth-order valence-electron chi connectivity index (χ4n) is 1.31. The molecule has 1 aromatic heterocycles. The molecule has 0 aliphatic carbocycles. The first-order valence-electron chi connectivity index (χ1n) is 4.45. The Morgan fingerprint density at radius 1 is 1.50 bits per heavy atom. The first-order valence-corrected chi connectivity index (χ1v) is 7.12. The summed E-state index contributed by atoms with van der Waals surface area (Å²) in [5, 5.41) is 11.6. The van der Waals surface area contributed by atoms with Crippen LogP contribution in [-0.4, -0.2) is 25.0 Å². The van der Waals surface area contributed by atoms with E-state index in [1.54, 1.807) is 0 Å². The monoisotopic (exact) mass is 296 g/mol. The first kappa shape index (κ1) is 15.4. The largest absolute Gasteiger partial charge is 1.00 e. The zero-order chi connectivity index (χ0) is 12.6. The summed E-state index contributed by atoms with van der Waals surface area (Å²) in [6.45, 7) is 0. The van der Waals surface area contributed by atoms with E-state index in [-0.39, 0.29) is 36.5 Å². The topological polar surface area (TPSA) is 99.2 Å². The van der Waals surface area contributed by atoms with E-state index in [4.69, 9.17) is 0 Å². The molecular weight excluding hydrogens is 287 g/mol. The summed E-state index contributed by atoms with van der Waals surface area (Å²) in [5.74, 6) is -1.29. The van der Waals surface area contributed by atoms with Crippen LogP contribution >= 0.6 is 11.5 Å². The first-order chi connectivity index (χ1) is 7.87. The number of aromatic carboxylic acids is 1. The molecule has 0 aliphatic heterocycles. The second-order valence-electron chi connectivity index (χ2n) is 3.41. The summed E-state index contributed by atoms with van der Waals surface area (Å²) in [5.41, 5.74) is 0.427. The van der Waals surface area contributed by atoms with E-state index in [0.717, 1.165) is 17.8 Å². The minimum absolute atomic E-state index is 0. The third-order valence-corrected chi connectivity index (χ3v) is 3.49. The number of nitrogens with zero attached hydrogens (tertiary/aromatic N) is 1. The number of anilines is 1. The van der Waals surface area contributed by atoms with Crippen LogP contribution in [0.5, 0.6) is 0 Å². The van der Waals surface area contributed by atoms with Crippen LogP contribution in [0.25, 0.3) is 10.9 Å². The Hall–Kier alpha value is -0.670. The number of aromatic nitrogens is 1. The van der Waals surface area contributed by atoms with Gasteiger partial charge >= 0.3 is 29.6 Å². The molecule has 0 fully saturated rings. The van der Waals surface area contributed by atoms with Crippen LogP contribution in [0.2, 0.25) is 0 Å². The van der Waals surface area contributed by atoms with Crippen molar-refractivity contribution < 1.29 is 49.3 Å². The smallest absolute Gasteiger partial charge is 0.545 e. The fourth-order valence-corrected chi connectivity index (χ4v) is 2.97. The van der Waals surface area contributed by atoms with Gasteiger partial charge in [0, 0.05) is 6.81 Å². The molecule has 2 aromatic rings. The van der Waals surface area contributed by atoms with E-state index >= 15 is 0 Å². The molecule has 0 bridgehead atoms. The number of carbonyl (C=O) groups is 1. The van der Waals surface area contributed by atoms with Crippen LogP contribution in [0.3, 0.4) is 0 Å². The minimum atomic E-state index is -3.37. The zero-order valence-electron chi connectivity index (χ0n) is 9.63. The molecule has 0 spiro atoms. The van der Waals surface area contributed by atoms with Crippen LogP contribution < -0.4 is 39.4 Å². The number of carboxylic acid groups (broad SMARTS) is 1. The standard InChI is InChI=1S/C9H8N2O4S2.Na.H2/c1-17(14,15)11-8-6-3-2-5(9(12)13)4-7(6)10-16-8;;/h2-4,11H,1H3,(H,12,13);;1H/q;+1;/p-1. The maximum absolute atomic E-state index is 11.1. The molecule has 2 rings (SSSR count). The normalized spacial score (nSPS) is 10.9. The summed E-state index contributed by atoms with van der Waals surface area (Å²) >= 11 is 0.956. The second kappa shape index (κ2) is 5.54. The van der Waals surface area contributed by atoms with Crippen LogP contribution in [0.1, 0.15) is 11.8 Å². The summed E-state index contributed by atoms with van der Waals surface area (Å²) in [7, 11) is -3.37. The van der Waals surface area contributed by atoms with E-state index in [1.165, 1.54) is 18.2 Å². The number of nitrogens with one attached hydrogen (secondary N) is 1. The predicted octanol–water partition coefficient (Wildman–Crippen LogP) is -2.72. The Balaban J connectivity index is 0.00000162.